The van der Waals surface area contributed by atoms with Crippen molar-refractivity contribution in [2.24, 2.45) is 5.73 Å². The summed E-state index contributed by atoms with van der Waals surface area (Å²) in [7, 11) is 1.57. The topological polar surface area (TPSA) is 109 Å². The van der Waals surface area contributed by atoms with Gasteiger partial charge in [0.05, 0.1) is 7.11 Å². The molecule has 7 nitrogen and oxygen atoms in total. The summed E-state index contributed by atoms with van der Waals surface area (Å²) < 4.78 is 11.6. The molecule has 0 aliphatic heterocycles. The molecule has 0 spiro atoms. The van der Waals surface area contributed by atoms with Gasteiger partial charge in [0.25, 0.3) is 5.91 Å². The number of carbonyl (C=O) groups is 1. The lowest BCUT2D eigenvalue weighted by Gasteiger charge is -2.21. The number of nitrogens with one attached hydrogen (secondary N) is 3. The zero-order valence-corrected chi connectivity index (χ0v) is 19.9. The first kappa shape index (κ1) is 24.3. The highest BCUT2D eigenvalue weighted by molar-refractivity contribution is 5.98. The van der Waals surface area contributed by atoms with Crippen molar-refractivity contribution in [3.8, 4) is 11.5 Å². The van der Waals surface area contributed by atoms with Gasteiger partial charge in [-0.15, -0.1) is 0 Å². The second-order valence-electron chi connectivity index (χ2n) is 8.11. The van der Waals surface area contributed by atoms with Crippen LogP contribution in [0.1, 0.15) is 22.7 Å². The Labute approximate surface area is 210 Å². The van der Waals surface area contributed by atoms with E-state index in [1.54, 1.807) is 43.5 Å². The molecule has 1 unspecified atom stereocenters. The maximum atomic E-state index is 13.4. The number of ether oxygens (including phenoxy) is 2. The predicted molar refractivity (Wildman–Crippen MR) is 143 cm³/mol. The van der Waals surface area contributed by atoms with E-state index < -0.39 is 6.04 Å². The molecule has 4 rings (SSSR count). The summed E-state index contributed by atoms with van der Waals surface area (Å²) in [5.41, 5.74) is 9.31. The van der Waals surface area contributed by atoms with Gasteiger partial charge in [-0.1, -0.05) is 54.6 Å². The highest BCUT2D eigenvalue weighted by atomic mass is 16.5. The average molecular weight is 481 g/mol. The van der Waals surface area contributed by atoms with Crippen molar-refractivity contribution in [2.75, 3.05) is 17.7 Å². The Balaban J connectivity index is 1.60. The van der Waals surface area contributed by atoms with E-state index in [-0.39, 0.29) is 11.7 Å². The van der Waals surface area contributed by atoms with Gasteiger partial charge in [-0.2, -0.15) is 0 Å². The maximum Gasteiger partial charge on any atom is 0.251 e. The maximum absolute atomic E-state index is 13.4. The van der Waals surface area contributed by atoms with Crippen LogP contribution < -0.4 is 25.8 Å². The largest absolute Gasteiger partial charge is 0.493 e. The van der Waals surface area contributed by atoms with E-state index in [0.29, 0.717) is 40.6 Å². The standard InChI is InChI=1S/C29H28N4O3/c1-35-26-18-22(14-17-25(26)36-19-20-8-4-2-5-9-20)27(29(34)33-23-10-6-3-7-11-23)32-24-15-12-21(13-16-24)28(30)31/h2-18,27,32H,19H2,1H3,(H3,30,31)(H,33,34). The molecule has 0 bridgehead atoms. The van der Waals surface area contributed by atoms with Crippen molar-refractivity contribution < 1.29 is 14.3 Å². The number of hydrogen-bond acceptors (Lipinski definition) is 5. The van der Waals surface area contributed by atoms with E-state index in [0.717, 1.165) is 5.56 Å². The number of hydrogen-bond donors (Lipinski definition) is 4. The van der Waals surface area contributed by atoms with Crippen molar-refractivity contribution in [2.45, 2.75) is 12.6 Å². The highest BCUT2D eigenvalue weighted by Gasteiger charge is 2.23. The van der Waals surface area contributed by atoms with E-state index >= 15 is 0 Å². The number of para-hydroxylation sites is 1. The van der Waals surface area contributed by atoms with Gasteiger partial charge >= 0.3 is 0 Å². The van der Waals surface area contributed by atoms with Gasteiger partial charge in [-0.3, -0.25) is 10.2 Å². The third-order valence-corrected chi connectivity index (χ3v) is 5.57. The van der Waals surface area contributed by atoms with Gasteiger partial charge in [-0.25, -0.2) is 0 Å². The van der Waals surface area contributed by atoms with E-state index in [9.17, 15) is 4.79 Å². The molecule has 5 N–H and O–H groups in total. The quantitative estimate of drug-likeness (QED) is 0.181. The first-order chi connectivity index (χ1) is 17.5. The fourth-order valence-electron chi connectivity index (χ4n) is 3.67. The van der Waals surface area contributed by atoms with Gasteiger partial charge in [0, 0.05) is 16.9 Å². The second kappa shape index (κ2) is 11.6. The molecule has 0 aromatic heterocycles. The zero-order chi connectivity index (χ0) is 25.3. The van der Waals surface area contributed by atoms with E-state index in [2.05, 4.69) is 10.6 Å². The number of nitrogens with two attached hydrogens (primary N) is 1. The van der Waals surface area contributed by atoms with Crippen molar-refractivity contribution in [1.29, 1.82) is 5.41 Å². The summed E-state index contributed by atoms with van der Waals surface area (Å²) in [6.07, 6.45) is 0. The Bertz CT molecular complexity index is 1310. The number of methoxy groups -OCH3 is 1. The lowest BCUT2D eigenvalue weighted by atomic mass is 10.0. The number of benzene rings is 4. The summed E-state index contributed by atoms with van der Waals surface area (Å²) in [4.78, 5) is 13.4. The van der Waals surface area contributed by atoms with Crippen LogP contribution in [0.3, 0.4) is 0 Å². The van der Waals surface area contributed by atoms with Crippen molar-refractivity contribution >= 4 is 23.1 Å². The molecule has 1 amide bonds. The van der Waals surface area contributed by atoms with Gasteiger partial charge in [0.15, 0.2) is 11.5 Å². The minimum atomic E-state index is -0.731. The Kier molecular flexibility index (Phi) is 7.83. The highest BCUT2D eigenvalue weighted by Crippen LogP contribution is 2.33. The Morgan fingerprint density at radius 1 is 0.861 bits per heavy atom. The molecule has 0 aliphatic rings. The van der Waals surface area contributed by atoms with Crippen molar-refractivity contribution in [3.63, 3.8) is 0 Å². The minimum absolute atomic E-state index is 0.0178. The fraction of sp³-hybridized carbons (Fsp3) is 0.103. The van der Waals surface area contributed by atoms with E-state index in [4.69, 9.17) is 20.6 Å². The molecule has 4 aromatic rings. The fourth-order valence-corrected chi connectivity index (χ4v) is 3.67. The van der Waals surface area contributed by atoms with Crippen LogP contribution in [0, 0.1) is 5.41 Å². The van der Waals surface area contributed by atoms with Crippen LogP contribution in [0.4, 0.5) is 11.4 Å². The molecule has 182 valence electrons. The first-order valence-electron chi connectivity index (χ1n) is 11.4. The molecule has 1 atom stereocenters. The molecule has 36 heavy (non-hydrogen) atoms. The molecule has 4 aromatic carbocycles. The van der Waals surface area contributed by atoms with Gasteiger partial charge < -0.3 is 25.8 Å². The van der Waals surface area contributed by atoms with Crippen LogP contribution in [-0.2, 0) is 11.4 Å². The smallest absolute Gasteiger partial charge is 0.251 e. The van der Waals surface area contributed by atoms with Crippen molar-refractivity contribution in [3.05, 3.63) is 120 Å². The summed E-state index contributed by atoms with van der Waals surface area (Å²) in [6.45, 7) is 0.398. The molecule has 0 saturated carbocycles. The number of carbonyl (C=O) groups excluding carboxylic acids is 1. The van der Waals surface area contributed by atoms with Gasteiger partial charge in [-0.05, 0) is 59.7 Å². The van der Waals surface area contributed by atoms with Crippen LogP contribution >= 0.6 is 0 Å². The molecular weight excluding hydrogens is 452 g/mol. The number of amidine groups is 1. The number of rotatable bonds is 10. The van der Waals surface area contributed by atoms with Crippen molar-refractivity contribution in [1.82, 2.24) is 0 Å². The van der Waals surface area contributed by atoms with Crippen LogP contribution in [0.5, 0.6) is 11.5 Å². The van der Waals surface area contributed by atoms with Gasteiger partial charge in [0.1, 0.15) is 18.5 Å². The average Bonchev–Trinajstić information content (AvgIpc) is 2.92. The molecule has 7 heteroatoms. The van der Waals surface area contributed by atoms with Crippen LogP contribution in [-0.4, -0.2) is 18.9 Å². The molecule has 0 aliphatic carbocycles. The van der Waals surface area contributed by atoms with Crippen LogP contribution in [0.2, 0.25) is 0 Å². The molecule has 0 heterocycles. The number of amides is 1. The second-order valence-corrected chi connectivity index (χ2v) is 8.11. The number of nitrogen functional groups attached to an aromatic ring is 1. The van der Waals surface area contributed by atoms with Crippen LogP contribution in [0.15, 0.2) is 103 Å². The monoisotopic (exact) mass is 480 g/mol. The minimum Gasteiger partial charge on any atom is -0.493 e. The molecule has 0 fully saturated rings. The zero-order valence-electron chi connectivity index (χ0n) is 19.9. The van der Waals surface area contributed by atoms with E-state index in [1.807, 2.05) is 66.7 Å². The Hall–Kier alpha value is -4.78. The molecule has 0 radical (unpaired) electrons. The predicted octanol–water partition coefficient (Wildman–Crippen LogP) is 5.35. The molecular formula is C29H28N4O3. The van der Waals surface area contributed by atoms with Gasteiger partial charge in [0.2, 0.25) is 0 Å². The normalized spacial score (nSPS) is 11.2. The first-order valence-corrected chi connectivity index (χ1v) is 11.4. The summed E-state index contributed by atoms with van der Waals surface area (Å²) in [5, 5.41) is 13.8. The Morgan fingerprint density at radius 3 is 2.17 bits per heavy atom. The molecule has 0 saturated heterocycles. The number of anilines is 2. The summed E-state index contributed by atoms with van der Waals surface area (Å²) in [6, 6.07) is 30.9. The summed E-state index contributed by atoms with van der Waals surface area (Å²) >= 11 is 0. The SMILES string of the molecule is COc1cc(C(Nc2ccc(C(=N)N)cc2)C(=O)Nc2ccccc2)ccc1OCc1ccccc1. The summed E-state index contributed by atoms with van der Waals surface area (Å²) in [5.74, 6) is 0.848. The van der Waals surface area contributed by atoms with E-state index in [1.165, 1.54) is 0 Å². The Morgan fingerprint density at radius 2 is 1.53 bits per heavy atom. The lowest BCUT2D eigenvalue weighted by molar-refractivity contribution is -0.117. The third-order valence-electron chi connectivity index (χ3n) is 5.57. The lowest BCUT2D eigenvalue weighted by Crippen LogP contribution is -2.27. The third kappa shape index (κ3) is 6.21. The van der Waals surface area contributed by atoms with Crippen LogP contribution in [0.25, 0.3) is 0 Å².